The Bertz CT molecular complexity index is 1060. The molecule has 2 N–H and O–H groups in total. The number of phenolic OH excluding ortho intramolecular Hbond substituents is 1. The second-order valence-electron chi connectivity index (χ2n) is 6.52. The number of anilines is 1. The minimum Gasteiger partial charge on any atom is -0.504 e. The van der Waals surface area contributed by atoms with Crippen LogP contribution >= 0.6 is 28.1 Å². The van der Waals surface area contributed by atoms with E-state index in [-0.39, 0.29) is 22.2 Å². The lowest BCUT2D eigenvalue weighted by molar-refractivity contribution is -0.122. The van der Waals surface area contributed by atoms with Crippen LogP contribution in [0.25, 0.3) is 6.08 Å². The summed E-state index contributed by atoms with van der Waals surface area (Å²) in [5, 5.41) is 12.6. The van der Waals surface area contributed by atoms with Gasteiger partial charge >= 0.3 is 0 Å². The average Bonchev–Trinajstić information content (AvgIpc) is 2.63. The maximum Gasteiger partial charge on any atom is 0.270 e. The van der Waals surface area contributed by atoms with Crippen LogP contribution in [0.15, 0.2) is 40.4 Å². The molecule has 0 saturated carbocycles. The molecule has 0 unspecified atom stereocenters. The van der Waals surface area contributed by atoms with Gasteiger partial charge < -0.3 is 9.84 Å². The maximum atomic E-state index is 13.2. The minimum absolute atomic E-state index is 0.0314. The van der Waals surface area contributed by atoms with E-state index in [0.29, 0.717) is 22.3 Å². The van der Waals surface area contributed by atoms with Crippen LogP contribution in [-0.2, 0) is 9.59 Å². The summed E-state index contributed by atoms with van der Waals surface area (Å²) in [6.45, 7) is 5.99. The first-order chi connectivity index (χ1) is 13.7. The summed E-state index contributed by atoms with van der Waals surface area (Å²) in [7, 11) is 0. The quantitative estimate of drug-likeness (QED) is 0.397. The molecule has 6 nitrogen and oxygen atoms in total. The molecule has 1 saturated heterocycles. The molecule has 2 aromatic carbocycles. The maximum absolute atomic E-state index is 13.2. The number of ether oxygens (including phenoxy) is 1. The van der Waals surface area contributed by atoms with Crippen molar-refractivity contribution in [2.45, 2.75) is 20.8 Å². The average molecular weight is 475 g/mol. The Morgan fingerprint density at radius 1 is 1.24 bits per heavy atom. The smallest absolute Gasteiger partial charge is 0.270 e. The Morgan fingerprint density at radius 2 is 1.97 bits per heavy atom. The highest BCUT2D eigenvalue weighted by Crippen LogP contribution is 2.34. The molecule has 1 aliphatic heterocycles. The number of halogens is 1. The lowest BCUT2D eigenvalue weighted by Crippen LogP contribution is -2.54. The summed E-state index contributed by atoms with van der Waals surface area (Å²) in [6.07, 6.45) is 1.45. The summed E-state index contributed by atoms with van der Waals surface area (Å²) >= 11 is 8.60. The number of benzene rings is 2. The molecular weight excluding hydrogens is 456 g/mol. The van der Waals surface area contributed by atoms with Crippen molar-refractivity contribution in [3.05, 3.63) is 57.1 Å². The van der Waals surface area contributed by atoms with E-state index in [1.165, 1.54) is 17.0 Å². The molecule has 1 heterocycles. The number of carbonyl (C=O) groups excluding carboxylic acids is 2. The number of amides is 2. The number of hydrogen-bond acceptors (Lipinski definition) is 5. The van der Waals surface area contributed by atoms with Gasteiger partial charge in [-0.1, -0.05) is 33.6 Å². The highest BCUT2D eigenvalue weighted by Gasteiger charge is 2.35. The van der Waals surface area contributed by atoms with Crippen LogP contribution in [0, 0.1) is 13.8 Å². The number of aromatic hydroxyl groups is 1. The topological polar surface area (TPSA) is 78.9 Å². The third-order valence-corrected chi connectivity index (χ3v) is 5.34. The van der Waals surface area contributed by atoms with Crippen LogP contribution in [0.4, 0.5) is 5.69 Å². The summed E-state index contributed by atoms with van der Waals surface area (Å²) in [5.74, 6) is -0.894. The lowest BCUT2D eigenvalue weighted by atomic mass is 10.0. The number of nitrogens with one attached hydrogen (secondary N) is 1. The monoisotopic (exact) mass is 474 g/mol. The van der Waals surface area contributed by atoms with Gasteiger partial charge in [0, 0.05) is 4.47 Å². The van der Waals surface area contributed by atoms with Crippen molar-refractivity contribution in [2.75, 3.05) is 11.5 Å². The molecule has 1 fully saturated rings. The van der Waals surface area contributed by atoms with Crippen LogP contribution in [0.2, 0.25) is 0 Å². The number of thiocarbonyl (C=S) groups is 1. The predicted octanol–water partition coefficient (Wildman–Crippen LogP) is 4.00. The van der Waals surface area contributed by atoms with Gasteiger partial charge in [0.2, 0.25) is 0 Å². The van der Waals surface area contributed by atoms with Crippen molar-refractivity contribution < 1.29 is 19.4 Å². The van der Waals surface area contributed by atoms with Gasteiger partial charge in [-0.3, -0.25) is 19.8 Å². The van der Waals surface area contributed by atoms with Crippen LogP contribution < -0.4 is 15.0 Å². The molecule has 2 aromatic rings. The minimum atomic E-state index is -0.584. The lowest BCUT2D eigenvalue weighted by Gasteiger charge is -2.30. The third kappa shape index (κ3) is 4.18. The van der Waals surface area contributed by atoms with Gasteiger partial charge in [-0.25, -0.2) is 0 Å². The summed E-state index contributed by atoms with van der Waals surface area (Å²) in [5.41, 5.74) is 2.96. The SMILES string of the molecule is CCOc1cc(/C=C2\C(=O)NC(=S)N(c3ccc(C)cc3C)C2=O)c(Br)cc1O. The second-order valence-corrected chi connectivity index (χ2v) is 7.76. The molecule has 29 heavy (non-hydrogen) atoms. The van der Waals surface area contributed by atoms with E-state index in [2.05, 4.69) is 21.2 Å². The fourth-order valence-corrected chi connectivity index (χ4v) is 3.75. The first-order valence-electron chi connectivity index (χ1n) is 8.87. The molecule has 1 aliphatic rings. The Hall–Kier alpha value is -2.71. The Kier molecular flexibility index (Phi) is 6.04. The van der Waals surface area contributed by atoms with Gasteiger partial charge in [-0.2, -0.15) is 0 Å². The largest absolute Gasteiger partial charge is 0.504 e. The van der Waals surface area contributed by atoms with Gasteiger partial charge in [0.15, 0.2) is 16.6 Å². The molecule has 150 valence electrons. The van der Waals surface area contributed by atoms with Crippen molar-refractivity contribution in [3.63, 3.8) is 0 Å². The van der Waals surface area contributed by atoms with Crippen LogP contribution in [-0.4, -0.2) is 28.6 Å². The Balaban J connectivity index is 2.07. The number of nitrogens with zero attached hydrogens (tertiary/aromatic N) is 1. The van der Waals surface area contributed by atoms with Gasteiger partial charge in [0.1, 0.15) is 5.57 Å². The van der Waals surface area contributed by atoms with Gasteiger partial charge in [-0.15, -0.1) is 0 Å². The predicted molar refractivity (Wildman–Crippen MR) is 119 cm³/mol. The number of rotatable bonds is 4. The van der Waals surface area contributed by atoms with Crippen molar-refractivity contribution in [1.29, 1.82) is 0 Å². The van der Waals surface area contributed by atoms with E-state index in [0.717, 1.165) is 11.1 Å². The van der Waals surface area contributed by atoms with Crippen LogP contribution in [0.1, 0.15) is 23.6 Å². The summed E-state index contributed by atoms with van der Waals surface area (Å²) in [4.78, 5) is 27.0. The number of aryl methyl sites for hydroxylation is 2. The molecule has 3 rings (SSSR count). The number of carbonyl (C=O) groups is 2. The molecule has 0 bridgehead atoms. The fourth-order valence-electron chi connectivity index (χ4n) is 3.03. The molecule has 0 aliphatic carbocycles. The van der Waals surface area contributed by atoms with E-state index in [9.17, 15) is 14.7 Å². The zero-order chi connectivity index (χ0) is 21.3. The van der Waals surface area contributed by atoms with Crippen molar-refractivity contribution in [2.24, 2.45) is 0 Å². The summed E-state index contributed by atoms with van der Waals surface area (Å²) in [6, 6.07) is 8.63. The molecule has 0 spiro atoms. The zero-order valence-electron chi connectivity index (χ0n) is 16.1. The van der Waals surface area contributed by atoms with Crippen molar-refractivity contribution >= 4 is 56.8 Å². The normalized spacial score (nSPS) is 15.7. The van der Waals surface area contributed by atoms with Gasteiger partial charge in [0.05, 0.1) is 12.3 Å². The van der Waals surface area contributed by atoms with Crippen LogP contribution in [0.5, 0.6) is 11.5 Å². The first kappa shape index (κ1) is 21.0. The molecule has 0 radical (unpaired) electrons. The third-order valence-electron chi connectivity index (χ3n) is 4.37. The number of phenols is 1. The molecule has 8 heteroatoms. The van der Waals surface area contributed by atoms with E-state index in [1.807, 2.05) is 26.0 Å². The van der Waals surface area contributed by atoms with Crippen LogP contribution in [0.3, 0.4) is 0 Å². The van der Waals surface area contributed by atoms with E-state index in [1.54, 1.807) is 19.1 Å². The van der Waals surface area contributed by atoms with E-state index in [4.69, 9.17) is 17.0 Å². The summed E-state index contributed by atoms with van der Waals surface area (Å²) < 4.78 is 5.90. The second kappa shape index (κ2) is 8.34. The molecular formula is C21H19BrN2O4S. The molecule has 2 amide bonds. The number of hydrogen-bond donors (Lipinski definition) is 2. The highest BCUT2D eigenvalue weighted by atomic mass is 79.9. The highest BCUT2D eigenvalue weighted by molar-refractivity contribution is 9.10. The zero-order valence-corrected chi connectivity index (χ0v) is 18.5. The van der Waals surface area contributed by atoms with Gasteiger partial charge in [0.25, 0.3) is 11.8 Å². The molecule has 0 aromatic heterocycles. The Morgan fingerprint density at radius 3 is 2.62 bits per heavy atom. The van der Waals surface area contributed by atoms with E-state index < -0.39 is 11.8 Å². The first-order valence-corrected chi connectivity index (χ1v) is 10.1. The standard InChI is InChI=1S/C21H19BrN2O4S/c1-4-28-18-9-13(15(22)10-17(18)25)8-14-19(26)23-21(29)24(20(14)27)16-6-5-11(2)7-12(16)3/h5-10,25H,4H2,1-3H3,(H,23,26,29)/b14-8+. The van der Waals surface area contributed by atoms with Crippen molar-refractivity contribution in [3.8, 4) is 11.5 Å². The fraction of sp³-hybridized carbons (Fsp3) is 0.190. The van der Waals surface area contributed by atoms with Gasteiger partial charge in [-0.05, 0) is 68.4 Å². The van der Waals surface area contributed by atoms with E-state index >= 15 is 0 Å². The molecule has 0 atom stereocenters. The Labute approximate surface area is 182 Å². The van der Waals surface area contributed by atoms with Crippen molar-refractivity contribution in [1.82, 2.24) is 5.32 Å².